The molecule has 2 aliphatic rings. The smallest absolute Gasteiger partial charge is 0.303 e. The van der Waals surface area contributed by atoms with Gasteiger partial charge in [-0.1, -0.05) is 19.8 Å². The van der Waals surface area contributed by atoms with Crippen LogP contribution in [0.1, 0.15) is 51.9 Å². The Hall–Kier alpha value is -1.10. The molecule has 2 unspecified atom stereocenters. The molecule has 5 nitrogen and oxygen atoms in total. The summed E-state index contributed by atoms with van der Waals surface area (Å²) in [7, 11) is 0. The number of hydrogen-bond acceptors (Lipinski definition) is 3. The van der Waals surface area contributed by atoms with E-state index in [0.717, 1.165) is 25.7 Å². The summed E-state index contributed by atoms with van der Waals surface area (Å²) >= 11 is 0. The lowest BCUT2D eigenvalue weighted by molar-refractivity contribution is -0.142. The second-order valence-electron chi connectivity index (χ2n) is 6.63. The molecule has 1 aliphatic carbocycles. The zero-order valence-electron chi connectivity index (χ0n) is 12.2. The first kappa shape index (κ1) is 15.3. The standard InChI is InChI=1S/C15H25NO4/c1-11-10-16(7-4-12(11)17)13(18)8-15(9-14(19)20)5-2-3-6-15/h11-12,17H,2-10H2,1H3,(H,19,20). The van der Waals surface area contributed by atoms with E-state index in [1.54, 1.807) is 4.90 Å². The van der Waals surface area contributed by atoms with Gasteiger partial charge >= 0.3 is 5.97 Å². The summed E-state index contributed by atoms with van der Waals surface area (Å²) in [4.78, 5) is 25.3. The Balaban J connectivity index is 1.96. The van der Waals surface area contributed by atoms with Crippen LogP contribution in [0.5, 0.6) is 0 Å². The predicted octanol–water partition coefficient (Wildman–Crippen LogP) is 1.64. The Morgan fingerprint density at radius 3 is 2.45 bits per heavy atom. The second-order valence-corrected chi connectivity index (χ2v) is 6.63. The number of carbonyl (C=O) groups is 2. The molecule has 0 spiro atoms. The summed E-state index contributed by atoms with van der Waals surface area (Å²) in [5, 5.41) is 18.8. The van der Waals surface area contributed by atoms with Crippen LogP contribution in [-0.2, 0) is 9.59 Å². The van der Waals surface area contributed by atoms with Gasteiger partial charge in [0.2, 0.25) is 5.91 Å². The molecule has 1 amide bonds. The number of amides is 1. The van der Waals surface area contributed by atoms with Crippen molar-refractivity contribution >= 4 is 11.9 Å². The van der Waals surface area contributed by atoms with Crippen LogP contribution in [0.4, 0.5) is 0 Å². The Morgan fingerprint density at radius 1 is 1.25 bits per heavy atom. The van der Waals surface area contributed by atoms with Crippen molar-refractivity contribution < 1.29 is 19.8 Å². The molecule has 0 bridgehead atoms. The molecule has 1 heterocycles. The van der Waals surface area contributed by atoms with Gasteiger partial charge in [0.1, 0.15) is 0 Å². The van der Waals surface area contributed by atoms with Crippen molar-refractivity contribution in [2.75, 3.05) is 13.1 Å². The fourth-order valence-electron chi connectivity index (χ4n) is 3.65. The Morgan fingerprint density at radius 2 is 1.90 bits per heavy atom. The molecule has 2 fully saturated rings. The van der Waals surface area contributed by atoms with Gasteiger partial charge in [-0.15, -0.1) is 0 Å². The molecule has 5 heteroatoms. The lowest BCUT2D eigenvalue weighted by atomic mass is 9.79. The molecular weight excluding hydrogens is 258 g/mol. The fraction of sp³-hybridized carbons (Fsp3) is 0.867. The number of likely N-dealkylation sites (tertiary alicyclic amines) is 1. The molecule has 0 radical (unpaired) electrons. The van der Waals surface area contributed by atoms with Crippen LogP contribution in [0.15, 0.2) is 0 Å². The summed E-state index contributed by atoms with van der Waals surface area (Å²) < 4.78 is 0. The molecule has 20 heavy (non-hydrogen) atoms. The average Bonchev–Trinajstić information content (AvgIpc) is 2.79. The van der Waals surface area contributed by atoms with Gasteiger partial charge in [0, 0.05) is 19.5 Å². The molecule has 114 valence electrons. The van der Waals surface area contributed by atoms with Gasteiger partial charge in [0.15, 0.2) is 0 Å². The van der Waals surface area contributed by atoms with E-state index in [1.807, 2.05) is 6.92 Å². The van der Waals surface area contributed by atoms with E-state index in [9.17, 15) is 14.7 Å². The maximum absolute atomic E-state index is 12.4. The number of carboxylic acids is 1. The highest BCUT2D eigenvalue weighted by Gasteiger charge is 2.39. The predicted molar refractivity (Wildman–Crippen MR) is 74.1 cm³/mol. The first-order chi connectivity index (χ1) is 9.42. The largest absolute Gasteiger partial charge is 0.481 e. The zero-order valence-corrected chi connectivity index (χ0v) is 12.2. The minimum Gasteiger partial charge on any atom is -0.481 e. The van der Waals surface area contributed by atoms with Crippen LogP contribution in [0.2, 0.25) is 0 Å². The molecule has 0 aromatic rings. The molecule has 1 aliphatic heterocycles. The van der Waals surface area contributed by atoms with E-state index >= 15 is 0 Å². The molecule has 2 atom stereocenters. The topological polar surface area (TPSA) is 77.8 Å². The van der Waals surface area contributed by atoms with Crippen molar-refractivity contribution in [1.29, 1.82) is 0 Å². The summed E-state index contributed by atoms with van der Waals surface area (Å²) in [6.07, 6.45) is 4.49. The molecular formula is C15H25NO4. The van der Waals surface area contributed by atoms with Crippen LogP contribution in [0, 0.1) is 11.3 Å². The Bertz CT molecular complexity index is 376. The summed E-state index contributed by atoms with van der Waals surface area (Å²) in [5.74, 6) is -0.638. The second kappa shape index (κ2) is 6.12. The van der Waals surface area contributed by atoms with Crippen LogP contribution in [-0.4, -0.2) is 46.2 Å². The third kappa shape index (κ3) is 3.51. The van der Waals surface area contributed by atoms with Crippen LogP contribution >= 0.6 is 0 Å². The minimum absolute atomic E-state index is 0.0619. The van der Waals surface area contributed by atoms with E-state index in [-0.39, 0.29) is 29.8 Å². The molecule has 1 saturated carbocycles. The van der Waals surface area contributed by atoms with E-state index in [0.29, 0.717) is 25.9 Å². The fourth-order valence-corrected chi connectivity index (χ4v) is 3.65. The molecule has 0 aromatic carbocycles. The summed E-state index contributed by atoms with van der Waals surface area (Å²) in [6.45, 7) is 3.13. The van der Waals surface area contributed by atoms with Crippen LogP contribution in [0.3, 0.4) is 0 Å². The first-order valence-electron chi connectivity index (χ1n) is 7.59. The van der Waals surface area contributed by atoms with Crippen molar-refractivity contribution in [3.8, 4) is 0 Å². The Kier molecular flexibility index (Phi) is 4.68. The van der Waals surface area contributed by atoms with E-state index in [4.69, 9.17) is 5.11 Å². The Labute approximate surface area is 120 Å². The average molecular weight is 283 g/mol. The maximum Gasteiger partial charge on any atom is 0.303 e. The highest BCUT2D eigenvalue weighted by molar-refractivity contribution is 5.78. The number of carboxylic acid groups (broad SMARTS) is 1. The normalized spacial score (nSPS) is 29.4. The summed E-state index contributed by atoms with van der Waals surface area (Å²) in [5.41, 5.74) is -0.331. The number of nitrogens with zero attached hydrogens (tertiary/aromatic N) is 1. The van der Waals surface area contributed by atoms with Gasteiger partial charge in [-0.05, 0) is 30.6 Å². The zero-order chi connectivity index (χ0) is 14.8. The van der Waals surface area contributed by atoms with E-state index < -0.39 is 5.97 Å². The van der Waals surface area contributed by atoms with Crippen molar-refractivity contribution in [3.05, 3.63) is 0 Å². The summed E-state index contributed by atoms with van der Waals surface area (Å²) in [6, 6.07) is 0. The molecule has 0 aromatic heterocycles. The van der Waals surface area contributed by atoms with Crippen molar-refractivity contribution in [3.63, 3.8) is 0 Å². The lowest BCUT2D eigenvalue weighted by Crippen LogP contribution is -2.46. The van der Waals surface area contributed by atoms with Crippen LogP contribution in [0.25, 0.3) is 0 Å². The number of aliphatic carboxylic acids is 1. The number of rotatable bonds is 4. The highest BCUT2D eigenvalue weighted by atomic mass is 16.4. The van der Waals surface area contributed by atoms with Gasteiger partial charge in [0.25, 0.3) is 0 Å². The number of aliphatic hydroxyl groups excluding tert-OH is 1. The van der Waals surface area contributed by atoms with Crippen molar-refractivity contribution in [1.82, 2.24) is 4.90 Å². The first-order valence-corrected chi connectivity index (χ1v) is 7.59. The third-order valence-corrected chi connectivity index (χ3v) is 4.93. The van der Waals surface area contributed by atoms with E-state index in [2.05, 4.69) is 0 Å². The number of hydrogen-bond donors (Lipinski definition) is 2. The maximum atomic E-state index is 12.4. The van der Waals surface area contributed by atoms with Gasteiger partial charge in [-0.25, -0.2) is 0 Å². The number of aliphatic hydroxyl groups is 1. The highest BCUT2D eigenvalue weighted by Crippen LogP contribution is 2.44. The molecule has 1 saturated heterocycles. The van der Waals surface area contributed by atoms with Gasteiger partial charge in [-0.3, -0.25) is 9.59 Å². The monoisotopic (exact) mass is 283 g/mol. The molecule has 2 N–H and O–H groups in total. The van der Waals surface area contributed by atoms with Gasteiger partial charge in [-0.2, -0.15) is 0 Å². The third-order valence-electron chi connectivity index (χ3n) is 4.93. The van der Waals surface area contributed by atoms with E-state index in [1.165, 1.54) is 0 Å². The van der Waals surface area contributed by atoms with Crippen molar-refractivity contribution in [2.45, 2.75) is 58.0 Å². The van der Waals surface area contributed by atoms with Crippen molar-refractivity contribution in [2.24, 2.45) is 11.3 Å². The minimum atomic E-state index is -0.804. The quantitative estimate of drug-likeness (QED) is 0.822. The van der Waals surface area contributed by atoms with Gasteiger partial charge < -0.3 is 15.1 Å². The van der Waals surface area contributed by atoms with Crippen LogP contribution < -0.4 is 0 Å². The van der Waals surface area contributed by atoms with Gasteiger partial charge in [0.05, 0.1) is 12.5 Å². The number of piperidine rings is 1. The number of carbonyl (C=O) groups excluding carboxylic acids is 1. The lowest BCUT2D eigenvalue weighted by Gasteiger charge is -2.37. The SMILES string of the molecule is CC1CN(C(=O)CC2(CC(=O)O)CCCC2)CCC1O. The molecule has 2 rings (SSSR count).